The second kappa shape index (κ2) is 2.07. The fraction of sp³-hybridized carbons (Fsp3) is 0.833. The van der Waals surface area contributed by atoms with Crippen LogP contribution >= 0.6 is 23.2 Å². The van der Waals surface area contributed by atoms with Gasteiger partial charge >= 0.3 is 0 Å². The molecule has 0 aliphatic heterocycles. The van der Waals surface area contributed by atoms with Crippen LogP contribution in [0.4, 0.5) is 0 Å². The van der Waals surface area contributed by atoms with E-state index in [-0.39, 0.29) is 0 Å². The van der Waals surface area contributed by atoms with Gasteiger partial charge in [0.05, 0.1) is 0 Å². The number of alkyl halides is 2. The van der Waals surface area contributed by atoms with Crippen molar-refractivity contribution in [1.29, 1.82) is 0 Å². The van der Waals surface area contributed by atoms with E-state index in [4.69, 9.17) is 23.2 Å². The summed E-state index contributed by atoms with van der Waals surface area (Å²) in [5.41, 5.74) is 0. The monoisotopic (exact) mass is 151 g/mol. The summed E-state index contributed by atoms with van der Waals surface area (Å²) in [6, 6.07) is 0. The summed E-state index contributed by atoms with van der Waals surface area (Å²) >= 11 is 11.2. The molecule has 47 valence electrons. The Morgan fingerprint density at radius 2 is 2.00 bits per heavy atom. The molecule has 0 saturated heterocycles. The van der Waals surface area contributed by atoms with E-state index in [1.807, 2.05) is 0 Å². The van der Waals surface area contributed by atoms with Crippen LogP contribution in [0.2, 0.25) is 0 Å². The van der Waals surface area contributed by atoms with Crippen molar-refractivity contribution in [3.05, 3.63) is 6.92 Å². The van der Waals surface area contributed by atoms with Crippen molar-refractivity contribution in [1.82, 2.24) is 0 Å². The number of rotatable bonds is 2. The average molecular weight is 152 g/mol. The van der Waals surface area contributed by atoms with Gasteiger partial charge in [-0.15, -0.1) is 23.2 Å². The molecule has 0 spiro atoms. The van der Waals surface area contributed by atoms with Crippen LogP contribution in [-0.2, 0) is 0 Å². The highest BCUT2D eigenvalue weighted by Gasteiger charge is 2.29. The fourth-order valence-corrected chi connectivity index (χ4v) is 1.18. The molecule has 0 aromatic rings. The number of hydrogen-bond donors (Lipinski definition) is 0. The Hall–Kier alpha value is 0.580. The first-order valence-corrected chi connectivity index (χ1v) is 3.57. The van der Waals surface area contributed by atoms with Gasteiger partial charge in [-0.1, -0.05) is 12.8 Å². The summed E-state index contributed by atoms with van der Waals surface area (Å²) < 4.78 is -0.721. The molecule has 0 aromatic heterocycles. The largest absolute Gasteiger partial charge is 0.118 e. The van der Waals surface area contributed by atoms with E-state index >= 15 is 0 Å². The van der Waals surface area contributed by atoms with Crippen molar-refractivity contribution in [2.45, 2.75) is 23.6 Å². The molecule has 1 saturated carbocycles. The zero-order valence-corrected chi connectivity index (χ0v) is 6.17. The molecule has 0 bridgehead atoms. The van der Waals surface area contributed by atoms with Gasteiger partial charge in [0.1, 0.15) is 4.33 Å². The van der Waals surface area contributed by atoms with E-state index in [9.17, 15) is 0 Å². The van der Waals surface area contributed by atoms with Crippen molar-refractivity contribution >= 4 is 23.2 Å². The molecule has 0 aromatic carbocycles. The maximum Gasteiger partial charge on any atom is 0.118 e. The van der Waals surface area contributed by atoms with Crippen molar-refractivity contribution in [3.63, 3.8) is 0 Å². The quantitative estimate of drug-likeness (QED) is 0.533. The van der Waals surface area contributed by atoms with Gasteiger partial charge in [0.15, 0.2) is 0 Å². The van der Waals surface area contributed by atoms with Crippen molar-refractivity contribution in [2.24, 2.45) is 5.92 Å². The van der Waals surface area contributed by atoms with Gasteiger partial charge in [-0.3, -0.25) is 0 Å². The predicted octanol–water partition coefficient (Wildman–Crippen LogP) is 2.79. The molecule has 1 fully saturated rings. The summed E-state index contributed by atoms with van der Waals surface area (Å²) in [6.45, 7) is 3.58. The van der Waals surface area contributed by atoms with Crippen LogP contribution in [0, 0.1) is 12.8 Å². The summed E-state index contributed by atoms with van der Waals surface area (Å²) in [5, 5.41) is 0. The molecule has 1 aliphatic carbocycles. The van der Waals surface area contributed by atoms with Gasteiger partial charge in [0.25, 0.3) is 0 Å². The summed E-state index contributed by atoms with van der Waals surface area (Å²) in [7, 11) is 0. The predicted molar refractivity (Wildman–Crippen MR) is 37.1 cm³/mol. The Labute approximate surface area is 60.2 Å². The molecule has 0 heterocycles. The van der Waals surface area contributed by atoms with Gasteiger partial charge in [0, 0.05) is 0 Å². The van der Waals surface area contributed by atoms with Crippen LogP contribution in [0.3, 0.4) is 0 Å². The lowest BCUT2D eigenvalue weighted by Crippen LogP contribution is -2.06. The highest BCUT2D eigenvalue weighted by atomic mass is 35.5. The molecule has 0 N–H and O–H groups in total. The molecule has 1 radical (unpaired) electrons. The van der Waals surface area contributed by atoms with Crippen molar-refractivity contribution in [2.75, 3.05) is 0 Å². The topological polar surface area (TPSA) is 0 Å². The van der Waals surface area contributed by atoms with Crippen LogP contribution in [0.1, 0.15) is 19.3 Å². The smallest absolute Gasteiger partial charge is 0.102 e. The second-order valence-electron chi connectivity index (χ2n) is 2.50. The summed E-state index contributed by atoms with van der Waals surface area (Å²) in [4.78, 5) is 0. The van der Waals surface area contributed by atoms with E-state index in [2.05, 4.69) is 6.92 Å². The van der Waals surface area contributed by atoms with Gasteiger partial charge in [-0.25, -0.2) is 0 Å². The Balaban J connectivity index is 2.16. The molecule has 0 amide bonds. The van der Waals surface area contributed by atoms with Crippen LogP contribution in [0.5, 0.6) is 0 Å². The van der Waals surface area contributed by atoms with Gasteiger partial charge in [-0.05, 0) is 19.3 Å². The minimum atomic E-state index is -0.721. The third kappa shape index (κ3) is 2.78. The van der Waals surface area contributed by atoms with Crippen LogP contribution in [0.25, 0.3) is 0 Å². The molecular weight excluding hydrogens is 143 g/mol. The molecule has 0 nitrogen and oxygen atoms in total. The molecule has 0 atom stereocenters. The lowest BCUT2D eigenvalue weighted by atomic mass is 10.2. The standard InChI is InChI=1S/C6H9Cl2/c1-6(7,8)4-5-2-3-5/h5H,1-4H2. The lowest BCUT2D eigenvalue weighted by Gasteiger charge is -2.10. The van der Waals surface area contributed by atoms with E-state index in [1.54, 1.807) is 0 Å². The molecule has 1 rings (SSSR count). The van der Waals surface area contributed by atoms with Gasteiger partial charge in [-0.2, -0.15) is 0 Å². The van der Waals surface area contributed by atoms with Gasteiger partial charge in [0.2, 0.25) is 0 Å². The van der Waals surface area contributed by atoms with E-state index < -0.39 is 4.33 Å². The zero-order chi connectivity index (χ0) is 6.20. The zero-order valence-electron chi connectivity index (χ0n) is 4.66. The van der Waals surface area contributed by atoms with Crippen molar-refractivity contribution < 1.29 is 0 Å². The molecule has 0 unspecified atom stereocenters. The summed E-state index contributed by atoms with van der Waals surface area (Å²) in [6.07, 6.45) is 3.43. The molecular formula is C6H9Cl2. The maximum absolute atomic E-state index is 5.62. The van der Waals surface area contributed by atoms with Gasteiger partial charge < -0.3 is 0 Å². The number of hydrogen-bond acceptors (Lipinski definition) is 0. The van der Waals surface area contributed by atoms with Crippen LogP contribution in [-0.4, -0.2) is 4.33 Å². The Kier molecular flexibility index (Phi) is 1.74. The molecule has 8 heavy (non-hydrogen) atoms. The minimum Gasteiger partial charge on any atom is -0.102 e. The van der Waals surface area contributed by atoms with Crippen LogP contribution < -0.4 is 0 Å². The minimum absolute atomic E-state index is 0.721. The molecule has 1 aliphatic rings. The lowest BCUT2D eigenvalue weighted by molar-refractivity contribution is 0.708. The van der Waals surface area contributed by atoms with E-state index in [0.29, 0.717) is 0 Å². The Bertz CT molecular complexity index is 79.0. The Morgan fingerprint density at radius 1 is 1.50 bits per heavy atom. The third-order valence-electron chi connectivity index (χ3n) is 1.28. The second-order valence-corrected chi connectivity index (χ2v) is 4.14. The van der Waals surface area contributed by atoms with Crippen molar-refractivity contribution in [3.8, 4) is 0 Å². The van der Waals surface area contributed by atoms with E-state index in [1.165, 1.54) is 12.8 Å². The fourth-order valence-electron chi connectivity index (χ4n) is 0.744. The molecule has 2 heteroatoms. The summed E-state index contributed by atoms with van der Waals surface area (Å²) in [5.74, 6) is 0.766. The van der Waals surface area contributed by atoms with E-state index in [0.717, 1.165) is 12.3 Å². The maximum atomic E-state index is 5.62. The number of halogens is 2. The first-order valence-electron chi connectivity index (χ1n) is 2.81. The third-order valence-corrected chi connectivity index (χ3v) is 1.59. The average Bonchev–Trinajstić information content (AvgIpc) is 2.12. The highest BCUT2D eigenvalue weighted by Crippen LogP contribution is 2.40. The first-order chi connectivity index (χ1) is 3.58. The Morgan fingerprint density at radius 3 is 2.12 bits per heavy atom. The highest BCUT2D eigenvalue weighted by molar-refractivity contribution is 6.49. The van der Waals surface area contributed by atoms with Crippen LogP contribution in [0.15, 0.2) is 0 Å². The normalized spacial score (nSPS) is 21.4. The first kappa shape index (κ1) is 6.70. The SMILES string of the molecule is [CH2]C(Cl)(Cl)CC1CC1.